The van der Waals surface area contributed by atoms with Crippen molar-refractivity contribution in [1.82, 2.24) is 25.1 Å². The van der Waals surface area contributed by atoms with Gasteiger partial charge >= 0.3 is 0 Å². The van der Waals surface area contributed by atoms with Gasteiger partial charge in [-0.1, -0.05) is 0 Å². The number of aromatic nitrogens is 4. The van der Waals surface area contributed by atoms with Crippen LogP contribution >= 0.6 is 11.3 Å². The Kier molecular flexibility index (Phi) is 3.63. The van der Waals surface area contributed by atoms with Crippen molar-refractivity contribution in [3.63, 3.8) is 0 Å². The first kappa shape index (κ1) is 11.2. The van der Waals surface area contributed by atoms with E-state index in [1.54, 1.807) is 22.3 Å². The molecule has 2 rings (SSSR count). The molecular formula is C10H15N5S. The fourth-order valence-corrected chi connectivity index (χ4v) is 2.02. The highest BCUT2D eigenvalue weighted by atomic mass is 32.1. The average molecular weight is 237 g/mol. The molecule has 5 nitrogen and oxygen atoms in total. The number of thiazole rings is 1. The van der Waals surface area contributed by atoms with Crippen LogP contribution in [0, 0.1) is 6.92 Å². The van der Waals surface area contributed by atoms with Crippen LogP contribution in [0.25, 0.3) is 0 Å². The van der Waals surface area contributed by atoms with E-state index in [1.165, 1.54) is 0 Å². The second kappa shape index (κ2) is 5.18. The number of rotatable bonds is 5. The van der Waals surface area contributed by atoms with Gasteiger partial charge in [-0.3, -0.25) is 4.68 Å². The van der Waals surface area contributed by atoms with E-state index in [-0.39, 0.29) is 0 Å². The Hall–Kier alpha value is -1.27. The lowest BCUT2D eigenvalue weighted by molar-refractivity contribution is 0.654. The lowest BCUT2D eigenvalue weighted by Gasteiger charge is -1.99. The lowest BCUT2D eigenvalue weighted by Crippen LogP contribution is -2.17. The van der Waals surface area contributed by atoms with Crippen LogP contribution in [0.15, 0.2) is 11.7 Å². The Bertz CT molecular complexity index is 405. The van der Waals surface area contributed by atoms with Gasteiger partial charge in [0, 0.05) is 31.9 Å². The molecule has 0 amide bonds. The van der Waals surface area contributed by atoms with E-state index in [4.69, 9.17) is 0 Å². The maximum atomic E-state index is 4.38. The molecule has 6 heteroatoms. The highest BCUT2D eigenvalue weighted by Crippen LogP contribution is 2.06. The third kappa shape index (κ3) is 3.11. The van der Waals surface area contributed by atoms with Crippen LogP contribution in [-0.2, 0) is 20.0 Å². The first-order chi connectivity index (χ1) is 7.74. The molecule has 86 valence electrons. The second-order valence-electron chi connectivity index (χ2n) is 3.62. The number of nitrogens with zero attached hydrogens (tertiary/aromatic N) is 4. The summed E-state index contributed by atoms with van der Waals surface area (Å²) in [5, 5.41) is 10.7. The van der Waals surface area contributed by atoms with Gasteiger partial charge in [0.15, 0.2) is 5.82 Å². The zero-order valence-corrected chi connectivity index (χ0v) is 10.3. The molecule has 0 saturated carbocycles. The molecule has 0 fully saturated rings. The maximum Gasteiger partial charge on any atom is 0.151 e. The monoisotopic (exact) mass is 237 g/mol. The van der Waals surface area contributed by atoms with E-state index in [0.29, 0.717) is 0 Å². The van der Waals surface area contributed by atoms with E-state index in [9.17, 15) is 0 Å². The Labute approximate surface area is 98.5 Å². The lowest BCUT2D eigenvalue weighted by atomic mass is 10.4. The van der Waals surface area contributed by atoms with Crippen molar-refractivity contribution in [3.8, 4) is 0 Å². The Morgan fingerprint density at radius 2 is 2.38 bits per heavy atom. The van der Waals surface area contributed by atoms with Crippen molar-refractivity contribution in [2.45, 2.75) is 19.9 Å². The molecule has 0 spiro atoms. The van der Waals surface area contributed by atoms with Gasteiger partial charge < -0.3 is 5.32 Å². The maximum absolute atomic E-state index is 4.38. The summed E-state index contributed by atoms with van der Waals surface area (Å²) in [4.78, 5) is 8.54. The first-order valence-corrected chi connectivity index (χ1v) is 6.08. The van der Waals surface area contributed by atoms with Crippen LogP contribution in [0.4, 0.5) is 0 Å². The summed E-state index contributed by atoms with van der Waals surface area (Å²) >= 11 is 1.68. The predicted molar refractivity (Wildman–Crippen MR) is 63.3 cm³/mol. The second-order valence-corrected chi connectivity index (χ2v) is 4.68. The molecule has 2 heterocycles. The summed E-state index contributed by atoms with van der Waals surface area (Å²) in [5.74, 6) is 0.879. The minimum Gasteiger partial charge on any atom is -0.311 e. The van der Waals surface area contributed by atoms with Gasteiger partial charge in [-0.25, -0.2) is 9.97 Å². The summed E-state index contributed by atoms with van der Waals surface area (Å²) in [7, 11) is 1.88. The first-order valence-electron chi connectivity index (χ1n) is 5.20. The highest BCUT2D eigenvalue weighted by Gasteiger charge is 2.00. The zero-order valence-electron chi connectivity index (χ0n) is 9.47. The van der Waals surface area contributed by atoms with E-state index in [0.717, 1.165) is 36.0 Å². The molecule has 0 aliphatic heterocycles. The zero-order chi connectivity index (χ0) is 11.4. The molecule has 0 bridgehead atoms. The summed E-state index contributed by atoms with van der Waals surface area (Å²) in [6.45, 7) is 3.71. The van der Waals surface area contributed by atoms with E-state index in [1.807, 2.05) is 14.0 Å². The number of hydrogen-bond acceptors (Lipinski definition) is 5. The Morgan fingerprint density at radius 3 is 3.00 bits per heavy atom. The molecule has 16 heavy (non-hydrogen) atoms. The van der Waals surface area contributed by atoms with Crippen molar-refractivity contribution in [2.24, 2.45) is 7.05 Å². The summed E-state index contributed by atoms with van der Waals surface area (Å²) in [6, 6.07) is 0. The number of aryl methyl sites for hydroxylation is 2. The van der Waals surface area contributed by atoms with Crippen molar-refractivity contribution in [1.29, 1.82) is 0 Å². The van der Waals surface area contributed by atoms with Crippen LogP contribution in [0.3, 0.4) is 0 Å². The highest BCUT2D eigenvalue weighted by molar-refractivity contribution is 7.09. The molecule has 0 aromatic carbocycles. The minimum atomic E-state index is 0.817. The number of hydrogen-bond donors (Lipinski definition) is 1. The Morgan fingerprint density at radius 1 is 1.50 bits per heavy atom. The summed E-state index contributed by atoms with van der Waals surface area (Å²) in [6.07, 6.45) is 2.57. The molecule has 0 saturated heterocycles. The largest absolute Gasteiger partial charge is 0.311 e. The molecular weight excluding hydrogens is 222 g/mol. The quantitative estimate of drug-likeness (QED) is 0.785. The predicted octanol–water partition coefficient (Wildman–Crippen LogP) is 0.912. The van der Waals surface area contributed by atoms with Crippen LogP contribution in [-0.4, -0.2) is 26.3 Å². The van der Waals surface area contributed by atoms with Gasteiger partial charge in [-0.05, 0) is 6.92 Å². The fraction of sp³-hybridized carbons (Fsp3) is 0.500. The summed E-state index contributed by atoms with van der Waals surface area (Å²) in [5.41, 5.74) is 1.11. The van der Waals surface area contributed by atoms with Crippen LogP contribution in [0.2, 0.25) is 0 Å². The molecule has 0 radical (unpaired) electrons. The molecule has 0 atom stereocenters. The normalized spacial score (nSPS) is 10.9. The number of nitrogens with one attached hydrogen (secondary N) is 1. The van der Waals surface area contributed by atoms with Crippen LogP contribution < -0.4 is 5.32 Å². The van der Waals surface area contributed by atoms with Crippen molar-refractivity contribution < 1.29 is 0 Å². The molecule has 2 aromatic rings. The minimum absolute atomic E-state index is 0.817. The van der Waals surface area contributed by atoms with E-state index in [2.05, 4.69) is 25.8 Å². The molecule has 1 N–H and O–H groups in total. The van der Waals surface area contributed by atoms with E-state index < -0.39 is 0 Å². The molecule has 0 unspecified atom stereocenters. The van der Waals surface area contributed by atoms with Gasteiger partial charge in [-0.15, -0.1) is 11.3 Å². The van der Waals surface area contributed by atoms with Crippen LogP contribution in [0.1, 0.15) is 16.5 Å². The fourth-order valence-electron chi connectivity index (χ4n) is 1.40. The standard InChI is InChI=1S/C10H15N5S/c1-8-13-9(6-16-8)5-11-4-3-10-12-7-15(2)14-10/h6-7,11H,3-5H2,1-2H3. The average Bonchev–Trinajstić information content (AvgIpc) is 2.83. The molecule has 0 aliphatic rings. The van der Waals surface area contributed by atoms with Gasteiger partial charge in [0.05, 0.1) is 10.7 Å². The third-order valence-corrected chi connectivity index (χ3v) is 2.97. The molecule has 0 aliphatic carbocycles. The topological polar surface area (TPSA) is 55.6 Å². The van der Waals surface area contributed by atoms with Crippen molar-refractivity contribution in [3.05, 3.63) is 28.2 Å². The SMILES string of the molecule is Cc1nc(CNCCc2ncn(C)n2)cs1. The van der Waals surface area contributed by atoms with Gasteiger partial charge in [-0.2, -0.15) is 5.10 Å². The molecule has 2 aromatic heterocycles. The van der Waals surface area contributed by atoms with E-state index >= 15 is 0 Å². The third-order valence-electron chi connectivity index (χ3n) is 2.15. The van der Waals surface area contributed by atoms with Crippen LogP contribution in [0.5, 0.6) is 0 Å². The Balaban J connectivity index is 1.69. The smallest absolute Gasteiger partial charge is 0.151 e. The van der Waals surface area contributed by atoms with Crippen molar-refractivity contribution in [2.75, 3.05) is 6.54 Å². The summed E-state index contributed by atoms with van der Waals surface area (Å²) < 4.78 is 1.72. The van der Waals surface area contributed by atoms with Crippen molar-refractivity contribution >= 4 is 11.3 Å². The van der Waals surface area contributed by atoms with Gasteiger partial charge in [0.2, 0.25) is 0 Å². The van der Waals surface area contributed by atoms with Gasteiger partial charge in [0.25, 0.3) is 0 Å². The van der Waals surface area contributed by atoms with Gasteiger partial charge in [0.1, 0.15) is 6.33 Å².